The van der Waals surface area contributed by atoms with Gasteiger partial charge in [-0.05, 0) is 49.8 Å². The number of hydrogen-bond acceptors (Lipinski definition) is 3. The van der Waals surface area contributed by atoms with Gasteiger partial charge in [-0.2, -0.15) is 0 Å². The summed E-state index contributed by atoms with van der Waals surface area (Å²) in [6.45, 7) is 6.63. The molecule has 0 aliphatic rings. The molecule has 0 heterocycles. The minimum atomic E-state index is -1.04. The molecule has 1 N–H and O–H groups in total. The van der Waals surface area contributed by atoms with E-state index in [9.17, 15) is 9.59 Å². The quantitative estimate of drug-likeness (QED) is 0.340. The summed E-state index contributed by atoms with van der Waals surface area (Å²) in [7, 11) is 0. The lowest BCUT2D eigenvalue weighted by molar-refractivity contribution is 0.0249. The Hall–Kier alpha value is -1.84. The van der Waals surface area contributed by atoms with Crippen molar-refractivity contribution in [1.29, 1.82) is 0 Å². The Balaban J connectivity index is 2.58. The third-order valence-corrected chi connectivity index (χ3v) is 4.56. The highest BCUT2D eigenvalue weighted by Gasteiger charge is 2.17. The normalized spacial score (nSPS) is 12.2. The second-order valence-electron chi connectivity index (χ2n) is 7.44. The fourth-order valence-corrected chi connectivity index (χ4v) is 2.98. The first kappa shape index (κ1) is 22.2. The molecule has 0 aliphatic heterocycles. The van der Waals surface area contributed by atoms with Crippen molar-refractivity contribution in [2.24, 2.45) is 5.92 Å². The highest BCUT2D eigenvalue weighted by Crippen LogP contribution is 2.18. The van der Waals surface area contributed by atoms with Crippen LogP contribution in [0.4, 0.5) is 0 Å². The van der Waals surface area contributed by atoms with E-state index in [0.717, 1.165) is 50.9 Å². The molecule has 0 spiro atoms. The van der Waals surface area contributed by atoms with Gasteiger partial charge in [-0.25, -0.2) is 9.59 Å². The van der Waals surface area contributed by atoms with Crippen molar-refractivity contribution in [1.82, 2.24) is 0 Å². The van der Waals surface area contributed by atoms with Crippen molar-refractivity contribution >= 4 is 11.9 Å². The Morgan fingerprint density at radius 3 is 2.19 bits per heavy atom. The van der Waals surface area contributed by atoms with Crippen molar-refractivity contribution < 1.29 is 19.4 Å². The van der Waals surface area contributed by atoms with Crippen molar-refractivity contribution in [3.8, 4) is 0 Å². The van der Waals surface area contributed by atoms with E-state index in [1.807, 2.05) is 0 Å². The molecule has 1 unspecified atom stereocenters. The van der Waals surface area contributed by atoms with Crippen LogP contribution in [0.2, 0.25) is 0 Å². The third kappa shape index (κ3) is 9.02. The molecule has 26 heavy (non-hydrogen) atoms. The second-order valence-corrected chi connectivity index (χ2v) is 7.44. The second kappa shape index (κ2) is 12.5. The van der Waals surface area contributed by atoms with Crippen LogP contribution < -0.4 is 0 Å². The SMILES string of the molecule is CCCCCC(CCCCCC(C)C)OC(=O)c1cccc(C(=O)O)c1. The molecule has 0 saturated carbocycles. The van der Waals surface area contributed by atoms with E-state index in [0.29, 0.717) is 5.56 Å². The minimum Gasteiger partial charge on any atom is -0.478 e. The molecule has 4 nitrogen and oxygen atoms in total. The van der Waals surface area contributed by atoms with Crippen LogP contribution in [0, 0.1) is 5.92 Å². The van der Waals surface area contributed by atoms with Crippen molar-refractivity contribution in [3.63, 3.8) is 0 Å². The average molecular weight is 363 g/mol. The van der Waals surface area contributed by atoms with Gasteiger partial charge in [-0.15, -0.1) is 0 Å². The highest BCUT2D eigenvalue weighted by molar-refractivity contribution is 5.94. The Labute approximate surface area is 158 Å². The molecule has 0 amide bonds. The lowest BCUT2D eigenvalue weighted by Gasteiger charge is -2.18. The minimum absolute atomic E-state index is 0.0819. The Bertz CT molecular complexity index is 551. The molecule has 0 aromatic heterocycles. The monoisotopic (exact) mass is 362 g/mol. The molecular weight excluding hydrogens is 328 g/mol. The van der Waals surface area contributed by atoms with Crippen LogP contribution in [0.5, 0.6) is 0 Å². The van der Waals surface area contributed by atoms with Crippen LogP contribution in [0.3, 0.4) is 0 Å². The lowest BCUT2D eigenvalue weighted by Crippen LogP contribution is -2.19. The molecule has 1 rings (SSSR count). The molecule has 146 valence electrons. The molecular formula is C22H34O4. The van der Waals surface area contributed by atoms with Gasteiger partial charge in [-0.3, -0.25) is 0 Å². The first-order valence-corrected chi connectivity index (χ1v) is 9.98. The predicted octanol–water partition coefficient (Wildman–Crippen LogP) is 6.10. The van der Waals surface area contributed by atoms with Gasteiger partial charge in [0.2, 0.25) is 0 Å². The van der Waals surface area contributed by atoms with Crippen LogP contribution in [-0.4, -0.2) is 23.1 Å². The maximum absolute atomic E-state index is 12.4. The van der Waals surface area contributed by atoms with E-state index in [2.05, 4.69) is 20.8 Å². The summed E-state index contributed by atoms with van der Waals surface area (Å²) in [5, 5.41) is 9.07. The largest absolute Gasteiger partial charge is 0.478 e. The van der Waals surface area contributed by atoms with Crippen LogP contribution in [-0.2, 0) is 4.74 Å². The molecule has 1 aromatic carbocycles. The molecule has 0 bridgehead atoms. The molecule has 1 atom stereocenters. The Morgan fingerprint density at radius 1 is 0.962 bits per heavy atom. The summed E-state index contributed by atoms with van der Waals surface area (Å²) < 4.78 is 5.71. The van der Waals surface area contributed by atoms with Crippen molar-refractivity contribution in [2.75, 3.05) is 0 Å². The van der Waals surface area contributed by atoms with E-state index < -0.39 is 11.9 Å². The molecule has 0 radical (unpaired) electrons. The summed E-state index contributed by atoms with van der Waals surface area (Å²) >= 11 is 0. The number of carbonyl (C=O) groups excluding carboxylic acids is 1. The average Bonchev–Trinajstić information content (AvgIpc) is 2.61. The van der Waals surface area contributed by atoms with Gasteiger partial charge in [0.25, 0.3) is 0 Å². The van der Waals surface area contributed by atoms with Crippen molar-refractivity contribution in [3.05, 3.63) is 35.4 Å². The number of esters is 1. The summed E-state index contributed by atoms with van der Waals surface area (Å²) in [5.74, 6) is -0.726. The van der Waals surface area contributed by atoms with E-state index in [1.165, 1.54) is 25.0 Å². The van der Waals surface area contributed by atoms with Gasteiger partial charge < -0.3 is 9.84 Å². The zero-order chi connectivity index (χ0) is 19.4. The molecule has 0 saturated heterocycles. The predicted molar refractivity (Wildman–Crippen MR) is 105 cm³/mol. The summed E-state index contributed by atoms with van der Waals surface area (Å²) in [5.41, 5.74) is 0.417. The standard InChI is InChI=1S/C22H34O4/c1-4-5-7-14-20(15-9-6-8-11-17(2)3)26-22(25)19-13-10-12-18(16-19)21(23)24/h10,12-13,16-17,20H,4-9,11,14-15H2,1-3H3,(H,23,24). The smallest absolute Gasteiger partial charge is 0.338 e. The van der Waals surface area contributed by atoms with Gasteiger partial charge >= 0.3 is 11.9 Å². The lowest BCUT2D eigenvalue weighted by atomic mass is 10.0. The number of rotatable bonds is 13. The van der Waals surface area contributed by atoms with Gasteiger partial charge in [0, 0.05) is 0 Å². The molecule has 0 aliphatic carbocycles. The number of ether oxygens (including phenoxy) is 1. The van der Waals surface area contributed by atoms with Crippen LogP contribution in [0.1, 0.15) is 99.3 Å². The first-order valence-electron chi connectivity index (χ1n) is 9.98. The maximum atomic E-state index is 12.4. The zero-order valence-electron chi connectivity index (χ0n) is 16.5. The number of carbonyl (C=O) groups is 2. The summed E-state index contributed by atoms with van der Waals surface area (Å²) in [6, 6.07) is 6.06. The van der Waals surface area contributed by atoms with Gasteiger partial charge in [0.05, 0.1) is 11.1 Å². The van der Waals surface area contributed by atoms with Crippen LogP contribution in [0.25, 0.3) is 0 Å². The first-order chi connectivity index (χ1) is 12.4. The third-order valence-electron chi connectivity index (χ3n) is 4.56. The summed E-state index contributed by atoms with van der Waals surface area (Å²) in [6.07, 6.45) is 9.67. The zero-order valence-corrected chi connectivity index (χ0v) is 16.5. The van der Waals surface area contributed by atoms with E-state index >= 15 is 0 Å². The Morgan fingerprint density at radius 2 is 1.58 bits per heavy atom. The fraction of sp³-hybridized carbons (Fsp3) is 0.636. The number of aromatic carboxylic acids is 1. The van der Waals surface area contributed by atoms with E-state index in [4.69, 9.17) is 9.84 Å². The Kier molecular flexibility index (Phi) is 10.7. The number of unbranched alkanes of at least 4 members (excludes halogenated alkanes) is 4. The molecule has 0 fully saturated rings. The van der Waals surface area contributed by atoms with Gasteiger partial charge in [0.15, 0.2) is 0 Å². The van der Waals surface area contributed by atoms with Gasteiger partial charge in [-0.1, -0.05) is 58.9 Å². The maximum Gasteiger partial charge on any atom is 0.338 e. The summed E-state index contributed by atoms with van der Waals surface area (Å²) in [4.78, 5) is 23.5. The molecule has 1 aromatic rings. The highest BCUT2D eigenvalue weighted by atomic mass is 16.5. The fourth-order valence-electron chi connectivity index (χ4n) is 2.98. The number of carboxylic acid groups (broad SMARTS) is 1. The van der Waals surface area contributed by atoms with E-state index in [-0.39, 0.29) is 11.7 Å². The number of hydrogen-bond donors (Lipinski definition) is 1. The molecule has 4 heteroatoms. The van der Waals surface area contributed by atoms with Crippen LogP contribution >= 0.6 is 0 Å². The van der Waals surface area contributed by atoms with Crippen molar-refractivity contribution in [2.45, 2.75) is 84.7 Å². The van der Waals surface area contributed by atoms with E-state index in [1.54, 1.807) is 12.1 Å². The number of benzene rings is 1. The van der Waals surface area contributed by atoms with Crippen LogP contribution in [0.15, 0.2) is 24.3 Å². The number of carboxylic acids is 1. The van der Waals surface area contributed by atoms with Gasteiger partial charge in [0.1, 0.15) is 6.10 Å². The topological polar surface area (TPSA) is 63.6 Å².